The monoisotopic (exact) mass is 300 g/mol. The Morgan fingerprint density at radius 3 is 2.30 bits per heavy atom. The zero-order chi connectivity index (χ0) is 13.9. The van der Waals surface area contributed by atoms with Gasteiger partial charge in [-0.15, -0.1) is 0 Å². The molecule has 1 nitrogen and oxygen atoms in total. The normalized spacial score (nSPS) is 12.3. The first-order chi connectivity index (χ1) is 9.81. The van der Waals surface area contributed by atoms with E-state index in [1.54, 1.807) is 7.11 Å². The van der Waals surface area contributed by atoms with Crippen molar-refractivity contribution in [1.29, 1.82) is 0 Å². The first kappa shape index (κ1) is 13.4. The van der Waals surface area contributed by atoms with Crippen molar-refractivity contribution < 1.29 is 4.74 Å². The molecular weight excluding hydrogens is 287 g/mol. The van der Waals surface area contributed by atoms with Gasteiger partial charge in [0.1, 0.15) is 5.75 Å². The third kappa shape index (κ3) is 2.40. The van der Waals surface area contributed by atoms with Gasteiger partial charge in [0, 0.05) is 5.30 Å². The van der Waals surface area contributed by atoms with E-state index in [0.717, 1.165) is 21.7 Å². The van der Waals surface area contributed by atoms with Crippen molar-refractivity contribution >= 4 is 39.9 Å². The van der Waals surface area contributed by atoms with Gasteiger partial charge in [-0.2, -0.15) is 0 Å². The van der Waals surface area contributed by atoms with Crippen molar-refractivity contribution in [2.24, 2.45) is 0 Å². The molecule has 3 rings (SSSR count). The number of benzene rings is 3. The Kier molecular flexibility index (Phi) is 3.91. The lowest BCUT2D eigenvalue weighted by Gasteiger charge is -2.17. The summed E-state index contributed by atoms with van der Waals surface area (Å²) in [6.07, 6.45) is 0. The summed E-state index contributed by atoms with van der Waals surface area (Å²) in [4.78, 5) is 0. The largest absolute Gasteiger partial charge is 0.496 e. The van der Waals surface area contributed by atoms with Crippen LogP contribution in [0.15, 0.2) is 66.7 Å². The highest BCUT2D eigenvalue weighted by Gasteiger charge is 2.18. The highest BCUT2D eigenvalue weighted by atomic mass is 35.7. The smallest absolute Gasteiger partial charge is 0.128 e. The van der Waals surface area contributed by atoms with Crippen LogP contribution in [0.1, 0.15) is 0 Å². The Balaban J connectivity index is 2.23. The molecule has 0 aromatic heterocycles. The van der Waals surface area contributed by atoms with Gasteiger partial charge in [-0.3, -0.25) is 0 Å². The molecule has 1 atom stereocenters. The summed E-state index contributed by atoms with van der Waals surface area (Å²) >= 11 is 6.78. The van der Waals surface area contributed by atoms with Crippen LogP contribution in [-0.4, -0.2) is 7.11 Å². The molecule has 3 heteroatoms. The van der Waals surface area contributed by atoms with Gasteiger partial charge in [0.05, 0.1) is 14.4 Å². The molecule has 1 unspecified atom stereocenters. The molecule has 0 heterocycles. The lowest BCUT2D eigenvalue weighted by Crippen LogP contribution is -2.12. The molecule has 3 aromatic rings. The maximum Gasteiger partial charge on any atom is 0.128 e. The Hall–Kier alpha value is -1.56. The lowest BCUT2D eigenvalue weighted by molar-refractivity contribution is 0.419. The van der Waals surface area contributed by atoms with Crippen LogP contribution >= 0.6 is 18.5 Å². The standard InChI is InChI=1S/C17H14ClOP/c1-19-16-12-11-13-7-5-6-10-15(13)17(16)20(18)14-8-3-2-4-9-14/h2-12H,1H3. The van der Waals surface area contributed by atoms with Crippen LogP contribution in [0, 0.1) is 0 Å². The summed E-state index contributed by atoms with van der Waals surface area (Å²) < 4.78 is 5.53. The topological polar surface area (TPSA) is 9.23 Å². The molecular formula is C17H14ClOP. The predicted molar refractivity (Wildman–Crippen MR) is 89.0 cm³/mol. The van der Waals surface area contributed by atoms with Crippen LogP contribution in [0.2, 0.25) is 0 Å². The van der Waals surface area contributed by atoms with Crippen molar-refractivity contribution in [1.82, 2.24) is 0 Å². The summed E-state index contributed by atoms with van der Waals surface area (Å²) in [6.45, 7) is 0. The molecule has 0 fully saturated rings. The molecule has 0 amide bonds. The van der Waals surface area contributed by atoms with Gasteiger partial charge in [-0.1, -0.05) is 71.9 Å². The van der Waals surface area contributed by atoms with E-state index in [2.05, 4.69) is 30.3 Å². The number of hydrogen-bond donors (Lipinski definition) is 0. The molecule has 100 valence electrons. The second kappa shape index (κ2) is 5.83. The Bertz CT molecular complexity index is 727. The van der Waals surface area contributed by atoms with Gasteiger partial charge >= 0.3 is 0 Å². The SMILES string of the molecule is COc1ccc2ccccc2c1P(Cl)c1ccccc1. The van der Waals surface area contributed by atoms with Gasteiger partial charge in [0.25, 0.3) is 0 Å². The molecule has 0 spiro atoms. The zero-order valence-electron chi connectivity index (χ0n) is 11.1. The highest BCUT2D eigenvalue weighted by Crippen LogP contribution is 2.44. The predicted octanol–water partition coefficient (Wildman–Crippen LogP) is 4.43. The van der Waals surface area contributed by atoms with Gasteiger partial charge in [-0.05, 0) is 22.1 Å². The third-order valence-electron chi connectivity index (χ3n) is 3.26. The maximum absolute atomic E-state index is 6.78. The molecule has 0 aliphatic rings. The minimum Gasteiger partial charge on any atom is -0.496 e. The zero-order valence-corrected chi connectivity index (χ0v) is 12.7. The van der Waals surface area contributed by atoms with Gasteiger partial charge in [-0.25, -0.2) is 0 Å². The quantitative estimate of drug-likeness (QED) is 0.650. The number of methoxy groups -OCH3 is 1. The van der Waals surface area contributed by atoms with Crippen LogP contribution in [-0.2, 0) is 0 Å². The van der Waals surface area contributed by atoms with E-state index in [1.165, 1.54) is 5.39 Å². The van der Waals surface area contributed by atoms with E-state index in [-0.39, 0.29) is 0 Å². The average molecular weight is 301 g/mol. The van der Waals surface area contributed by atoms with Crippen LogP contribution < -0.4 is 15.3 Å². The lowest BCUT2D eigenvalue weighted by atomic mass is 10.1. The molecule has 0 aliphatic carbocycles. The fraction of sp³-hybridized carbons (Fsp3) is 0.0588. The number of hydrogen-bond acceptors (Lipinski definition) is 1. The van der Waals surface area contributed by atoms with Crippen molar-refractivity contribution in [2.45, 2.75) is 0 Å². The number of rotatable bonds is 3. The average Bonchev–Trinajstić information content (AvgIpc) is 2.54. The Morgan fingerprint density at radius 2 is 1.55 bits per heavy atom. The van der Waals surface area contributed by atoms with E-state index >= 15 is 0 Å². The van der Waals surface area contributed by atoms with Gasteiger partial charge in [0.15, 0.2) is 0 Å². The van der Waals surface area contributed by atoms with Gasteiger partial charge in [0.2, 0.25) is 0 Å². The highest BCUT2D eigenvalue weighted by molar-refractivity contribution is 7.96. The molecule has 3 aromatic carbocycles. The Morgan fingerprint density at radius 1 is 0.850 bits per heavy atom. The molecule has 0 aliphatic heterocycles. The molecule has 0 saturated heterocycles. The van der Waals surface area contributed by atoms with Crippen molar-refractivity contribution in [3.05, 3.63) is 66.7 Å². The summed E-state index contributed by atoms with van der Waals surface area (Å²) in [5.74, 6) is 0.855. The maximum atomic E-state index is 6.78. The van der Waals surface area contributed by atoms with Crippen LogP contribution in [0.3, 0.4) is 0 Å². The van der Waals surface area contributed by atoms with E-state index in [9.17, 15) is 0 Å². The number of halogens is 1. The molecule has 0 saturated carbocycles. The van der Waals surface area contributed by atoms with Crippen LogP contribution in [0.5, 0.6) is 5.75 Å². The molecule has 20 heavy (non-hydrogen) atoms. The fourth-order valence-electron chi connectivity index (χ4n) is 2.29. The van der Waals surface area contributed by atoms with Crippen molar-refractivity contribution in [3.63, 3.8) is 0 Å². The molecule has 0 N–H and O–H groups in total. The third-order valence-corrected chi connectivity index (χ3v) is 5.96. The summed E-state index contributed by atoms with van der Waals surface area (Å²) in [6, 6.07) is 22.5. The molecule has 0 radical (unpaired) electrons. The molecule has 0 bridgehead atoms. The van der Waals surface area contributed by atoms with E-state index in [1.807, 2.05) is 36.4 Å². The van der Waals surface area contributed by atoms with Gasteiger partial charge < -0.3 is 4.74 Å². The second-order valence-corrected chi connectivity index (χ2v) is 6.99. The first-order valence-electron chi connectivity index (χ1n) is 6.38. The van der Waals surface area contributed by atoms with E-state index in [0.29, 0.717) is 0 Å². The summed E-state index contributed by atoms with van der Waals surface area (Å²) in [5.41, 5.74) is 0. The minimum absolute atomic E-state index is 0.855. The summed E-state index contributed by atoms with van der Waals surface area (Å²) in [5, 5.41) is 4.58. The Labute approximate surface area is 124 Å². The number of fused-ring (bicyclic) bond motifs is 1. The summed E-state index contributed by atoms with van der Waals surface area (Å²) in [7, 11) is 0.743. The van der Waals surface area contributed by atoms with Crippen molar-refractivity contribution in [3.8, 4) is 5.75 Å². The number of ether oxygens (including phenoxy) is 1. The first-order valence-corrected chi connectivity index (χ1v) is 8.62. The second-order valence-electron chi connectivity index (χ2n) is 4.45. The van der Waals surface area contributed by atoms with E-state index in [4.69, 9.17) is 16.0 Å². The minimum atomic E-state index is -0.950. The van der Waals surface area contributed by atoms with Crippen molar-refractivity contribution in [2.75, 3.05) is 7.11 Å². The van der Waals surface area contributed by atoms with Crippen LogP contribution in [0.25, 0.3) is 10.8 Å². The van der Waals surface area contributed by atoms with Crippen LogP contribution in [0.4, 0.5) is 0 Å². The van der Waals surface area contributed by atoms with E-state index < -0.39 is 7.27 Å². The fourth-order valence-corrected chi connectivity index (χ4v) is 4.62.